The van der Waals surface area contributed by atoms with Crippen LogP contribution < -0.4 is 0 Å². The minimum Gasteiger partial charge on any atom is -0.508 e. The lowest BCUT2D eigenvalue weighted by atomic mass is 10.0. The Bertz CT molecular complexity index is 192. The summed E-state index contributed by atoms with van der Waals surface area (Å²) >= 11 is 0. The van der Waals surface area contributed by atoms with E-state index in [4.69, 9.17) is 20.4 Å². The first kappa shape index (κ1) is 7.27. The van der Waals surface area contributed by atoms with E-state index in [1.807, 2.05) is 0 Å². The second kappa shape index (κ2) is 2.09. The molecule has 10 heavy (non-hydrogen) atoms. The molecule has 1 aliphatic carbocycles. The number of hydrogen-bond acceptors (Lipinski definition) is 4. The molecule has 1 rings (SSSR count). The van der Waals surface area contributed by atoms with E-state index < -0.39 is 11.9 Å². The van der Waals surface area contributed by atoms with Gasteiger partial charge in [0.15, 0.2) is 0 Å². The van der Waals surface area contributed by atoms with Crippen molar-refractivity contribution in [2.75, 3.05) is 0 Å². The maximum absolute atomic E-state index is 8.82. The summed E-state index contributed by atoms with van der Waals surface area (Å²) in [6, 6.07) is 0. The summed E-state index contributed by atoms with van der Waals surface area (Å²) in [7, 11) is 0. The van der Waals surface area contributed by atoms with Gasteiger partial charge in [-0.15, -0.1) is 0 Å². The monoisotopic (exact) mass is 144 g/mol. The molecule has 0 aromatic heterocycles. The van der Waals surface area contributed by atoms with E-state index >= 15 is 0 Å². The molecule has 0 aromatic carbocycles. The zero-order valence-corrected chi connectivity index (χ0v) is 5.10. The lowest BCUT2D eigenvalue weighted by Crippen LogP contribution is -2.40. The van der Waals surface area contributed by atoms with Gasteiger partial charge in [-0.05, 0) is 18.2 Å². The van der Waals surface area contributed by atoms with Crippen molar-refractivity contribution < 1.29 is 20.4 Å². The highest BCUT2D eigenvalue weighted by Gasteiger charge is 2.31. The van der Waals surface area contributed by atoms with Crippen LogP contribution >= 0.6 is 0 Å². The first-order valence-electron chi connectivity index (χ1n) is 2.75. The molecular formula is C6H8O4. The quantitative estimate of drug-likeness (QED) is 0.330. The van der Waals surface area contributed by atoms with Gasteiger partial charge >= 0.3 is 0 Å². The van der Waals surface area contributed by atoms with Gasteiger partial charge in [-0.1, -0.05) is 0 Å². The van der Waals surface area contributed by atoms with Crippen LogP contribution in [0.4, 0.5) is 0 Å². The van der Waals surface area contributed by atoms with E-state index in [-0.39, 0.29) is 5.76 Å². The second-order valence-corrected chi connectivity index (χ2v) is 2.15. The lowest BCUT2D eigenvalue weighted by molar-refractivity contribution is -0.175. The van der Waals surface area contributed by atoms with Crippen LogP contribution in [0.2, 0.25) is 0 Å². The van der Waals surface area contributed by atoms with Gasteiger partial charge in [-0.3, -0.25) is 0 Å². The van der Waals surface area contributed by atoms with Crippen LogP contribution in [-0.2, 0) is 0 Å². The van der Waals surface area contributed by atoms with E-state index in [2.05, 4.69) is 0 Å². The number of aliphatic hydroxyl groups excluding tert-OH is 2. The Morgan fingerprint density at radius 3 is 2.40 bits per heavy atom. The highest BCUT2D eigenvalue weighted by molar-refractivity contribution is 5.23. The summed E-state index contributed by atoms with van der Waals surface area (Å²) in [5.41, 5.74) is 0. The predicted octanol–water partition coefficient (Wildman–Crippen LogP) is -0.960. The van der Waals surface area contributed by atoms with Crippen molar-refractivity contribution in [2.45, 2.75) is 11.9 Å². The van der Waals surface area contributed by atoms with Gasteiger partial charge in [0, 0.05) is 0 Å². The lowest BCUT2D eigenvalue weighted by Gasteiger charge is -2.23. The summed E-state index contributed by atoms with van der Waals surface area (Å²) in [5, 5.41) is 35.2. The van der Waals surface area contributed by atoms with E-state index in [0.29, 0.717) is 0 Å². The smallest absolute Gasteiger partial charge is 0.214 e. The van der Waals surface area contributed by atoms with Gasteiger partial charge in [0.25, 0.3) is 0 Å². The van der Waals surface area contributed by atoms with Gasteiger partial charge in [0.2, 0.25) is 5.79 Å². The van der Waals surface area contributed by atoms with Gasteiger partial charge in [-0.25, -0.2) is 0 Å². The van der Waals surface area contributed by atoms with E-state index in [1.165, 1.54) is 0 Å². The SMILES string of the molecule is OC1=CC(O)C(O)(O)C=C1. The average molecular weight is 144 g/mol. The van der Waals surface area contributed by atoms with Gasteiger partial charge in [-0.2, -0.15) is 0 Å². The topological polar surface area (TPSA) is 80.9 Å². The van der Waals surface area contributed by atoms with E-state index in [1.54, 1.807) is 0 Å². The van der Waals surface area contributed by atoms with Crippen LogP contribution in [0.25, 0.3) is 0 Å². The van der Waals surface area contributed by atoms with Gasteiger partial charge < -0.3 is 20.4 Å². The molecular weight excluding hydrogens is 136 g/mol. The highest BCUT2D eigenvalue weighted by atomic mass is 16.5. The maximum Gasteiger partial charge on any atom is 0.214 e. The molecule has 0 fully saturated rings. The van der Waals surface area contributed by atoms with Crippen LogP contribution in [0.3, 0.4) is 0 Å². The summed E-state index contributed by atoms with van der Waals surface area (Å²) in [6.45, 7) is 0. The van der Waals surface area contributed by atoms with Gasteiger partial charge in [0.1, 0.15) is 11.9 Å². The second-order valence-electron chi connectivity index (χ2n) is 2.15. The van der Waals surface area contributed by atoms with Crippen LogP contribution in [-0.4, -0.2) is 32.3 Å². The number of rotatable bonds is 0. The Kier molecular flexibility index (Phi) is 1.52. The highest BCUT2D eigenvalue weighted by Crippen LogP contribution is 2.16. The van der Waals surface area contributed by atoms with Gasteiger partial charge in [0.05, 0.1) is 0 Å². The van der Waals surface area contributed by atoms with Crippen molar-refractivity contribution in [3.8, 4) is 0 Å². The van der Waals surface area contributed by atoms with Crippen LogP contribution in [0.1, 0.15) is 0 Å². The molecule has 4 nitrogen and oxygen atoms in total. The van der Waals surface area contributed by atoms with Crippen molar-refractivity contribution in [2.24, 2.45) is 0 Å². The molecule has 0 saturated heterocycles. The fraction of sp³-hybridized carbons (Fsp3) is 0.333. The fourth-order valence-corrected chi connectivity index (χ4v) is 0.647. The normalized spacial score (nSPS) is 29.9. The molecule has 0 aliphatic heterocycles. The molecule has 0 saturated carbocycles. The Labute approximate surface area is 57.4 Å². The van der Waals surface area contributed by atoms with E-state index in [0.717, 1.165) is 18.2 Å². The van der Waals surface area contributed by atoms with Crippen LogP contribution in [0, 0.1) is 0 Å². The minimum atomic E-state index is -2.24. The summed E-state index contributed by atoms with van der Waals surface area (Å²) in [6.07, 6.45) is 1.50. The first-order valence-corrected chi connectivity index (χ1v) is 2.75. The number of allylic oxidation sites excluding steroid dienone is 1. The standard InChI is InChI=1S/C6H8O4/c7-4-1-2-6(9,10)5(8)3-4/h1-3,5,7-10H. The third kappa shape index (κ3) is 1.18. The molecule has 4 heteroatoms. The largest absolute Gasteiger partial charge is 0.508 e. The molecule has 0 radical (unpaired) electrons. The molecule has 4 N–H and O–H groups in total. The number of aliphatic hydroxyl groups is 4. The molecule has 0 bridgehead atoms. The van der Waals surface area contributed by atoms with Crippen molar-refractivity contribution >= 4 is 0 Å². The number of hydrogen-bond donors (Lipinski definition) is 4. The molecule has 1 atom stereocenters. The third-order valence-electron chi connectivity index (χ3n) is 1.26. The molecule has 0 heterocycles. The summed E-state index contributed by atoms with van der Waals surface area (Å²) < 4.78 is 0. The molecule has 1 unspecified atom stereocenters. The Balaban J connectivity index is 2.84. The zero-order valence-electron chi connectivity index (χ0n) is 5.10. The Morgan fingerprint density at radius 1 is 1.40 bits per heavy atom. The van der Waals surface area contributed by atoms with Crippen molar-refractivity contribution in [3.63, 3.8) is 0 Å². The van der Waals surface area contributed by atoms with Crippen LogP contribution in [0.15, 0.2) is 24.0 Å². The molecule has 0 spiro atoms. The molecule has 0 aromatic rings. The third-order valence-corrected chi connectivity index (χ3v) is 1.26. The fourth-order valence-electron chi connectivity index (χ4n) is 0.647. The molecule has 0 amide bonds. The first-order chi connectivity index (χ1) is 4.52. The Hall–Kier alpha value is -0.840. The molecule has 1 aliphatic rings. The van der Waals surface area contributed by atoms with Crippen LogP contribution in [0.5, 0.6) is 0 Å². The predicted molar refractivity (Wildman–Crippen MR) is 33.0 cm³/mol. The Morgan fingerprint density at radius 2 is 2.00 bits per heavy atom. The van der Waals surface area contributed by atoms with Crippen molar-refractivity contribution in [1.82, 2.24) is 0 Å². The van der Waals surface area contributed by atoms with Crippen molar-refractivity contribution in [3.05, 3.63) is 24.0 Å². The summed E-state index contributed by atoms with van der Waals surface area (Å²) in [4.78, 5) is 0. The summed E-state index contributed by atoms with van der Waals surface area (Å²) in [5.74, 6) is -2.42. The van der Waals surface area contributed by atoms with Crippen molar-refractivity contribution in [1.29, 1.82) is 0 Å². The average Bonchev–Trinajstić information content (AvgIpc) is 1.81. The maximum atomic E-state index is 8.82. The van der Waals surface area contributed by atoms with E-state index in [9.17, 15) is 0 Å². The molecule has 56 valence electrons. The zero-order chi connectivity index (χ0) is 7.78. The minimum absolute atomic E-state index is 0.175.